The van der Waals surface area contributed by atoms with Crippen molar-refractivity contribution in [1.82, 2.24) is 0 Å². The quantitative estimate of drug-likeness (QED) is 0.776. The van der Waals surface area contributed by atoms with Crippen molar-refractivity contribution in [3.8, 4) is 0 Å². The zero-order chi connectivity index (χ0) is 10.6. The van der Waals surface area contributed by atoms with Crippen LogP contribution in [0.2, 0.25) is 0 Å². The minimum absolute atomic E-state index is 0.598. The number of hydrogen-bond donors (Lipinski definition) is 2. The zero-order valence-electron chi connectivity index (χ0n) is 8.68. The minimum Gasteiger partial charge on any atom is -0.384 e. The minimum atomic E-state index is -0.905. The SMILES string of the molecule is Cc1cc(C(C)F)ccc1NCCN. The Kier molecular flexibility index (Phi) is 3.89. The predicted molar refractivity (Wildman–Crippen MR) is 58.2 cm³/mol. The molecule has 1 unspecified atom stereocenters. The van der Waals surface area contributed by atoms with E-state index < -0.39 is 6.17 Å². The molecule has 0 bridgehead atoms. The lowest BCUT2D eigenvalue weighted by Crippen LogP contribution is -2.13. The van der Waals surface area contributed by atoms with Crippen LogP contribution >= 0.6 is 0 Å². The van der Waals surface area contributed by atoms with Gasteiger partial charge in [-0.05, 0) is 31.0 Å². The van der Waals surface area contributed by atoms with Gasteiger partial charge in [-0.3, -0.25) is 0 Å². The van der Waals surface area contributed by atoms with E-state index in [1.807, 2.05) is 19.1 Å². The van der Waals surface area contributed by atoms with Crippen molar-refractivity contribution >= 4 is 5.69 Å². The summed E-state index contributed by atoms with van der Waals surface area (Å²) in [5.41, 5.74) is 8.19. The molecule has 0 aliphatic heterocycles. The number of benzene rings is 1. The molecule has 0 saturated heterocycles. The molecule has 1 aromatic carbocycles. The predicted octanol–water partition coefficient (Wildman–Crippen LogP) is 2.40. The first-order chi connectivity index (χ1) is 6.65. The first-order valence-electron chi connectivity index (χ1n) is 4.83. The van der Waals surface area contributed by atoms with Gasteiger partial charge >= 0.3 is 0 Å². The average molecular weight is 196 g/mol. The summed E-state index contributed by atoms with van der Waals surface area (Å²) in [5, 5.41) is 3.18. The fourth-order valence-corrected chi connectivity index (χ4v) is 1.34. The lowest BCUT2D eigenvalue weighted by atomic mass is 10.1. The van der Waals surface area contributed by atoms with Gasteiger partial charge < -0.3 is 11.1 Å². The van der Waals surface area contributed by atoms with Crippen LogP contribution in [-0.4, -0.2) is 13.1 Å². The second-order valence-corrected chi connectivity index (χ2v) is 3.41. The topological polar surface area (TPSA) is 38.0 Å². The van der Waals surface area contributed by atoms with Crippen molar-refractivity contribution in [2.75, 3.05) is 18.4 Å². The van der Waals surface area contributed by atoms with Crippen LogP contribution in [0.25, 0.3) is 0 Å². The van der Waals surface area contributed by atoms with E-state index in [1.54, 1.807) is 13.0 Å². The summed E-state index contributed by atoms with van der Waals surface area (Å²) in [6.07, 6.45) is -0.905. The van der Waals surface area contributed by atoms with Crippen LogP contribution in [0.3, 0.4) is 0 Å². The Morgan fingerprint density at radius 3 is 2.71 bits per heavy atom. The van der Waals surface area contributed by atoms with Gasteiger partial charge in [0.05, 0.1) is 0 Å². The first-order valence-corrected chi connectivity index (χ1v) is 4.83. The van der Waals surface area contributed by atoms with Crippen LogP contribution < -0.4 is 11.1 Å². The molecule has 0 amide bonds. The molecule has 1 aromatic rings. The molecule has 3 heteroatoms. The fraction of sp³-hybridized carbons (Fsp3) is 0.455. The van der Waals surface area contributed by atoms with Crippen LogP contribution in [0, 0.1) is 6.92 Å². The summed E-state index contributed by atoms with van der Waals surface area (Å²) in [6, 6.07) is 5.57. The fourth-order valence-electron chi connectivity index (χ4n) is 1.34. The molecule has 0 aromatic heterocycles. The largest absolute Gasteiger partial charge is 0.384 e. The third-order valence-corrected chi connectivity index (χ3v) is 2.17. The zero-order valence-corrected chi connectivity index (χ0v) is 8.68. The molecule has 3 N–H and O–H groups in total. The van der Waals surface area contributed by atoms with Gasteiger partial charge in [0.25, 0.3) is 0 Å². The van der Waals surface area contributed by atoms with Gasteiger partial charge in [-0.2, -0.15) is 0 Å². The summed E-state index contributed by atoms with van der Waals surface area (Å²) in [4.78, 5) is 0. The van der Waals surface area contributed by atoms with Gasteiger partial charge in [0.1, 0.15) is 6.17 Å². The van der Waals surface area contributed by atoms with Gasteiger partial charge in [-0.1, -0.05) is 12.1 Å². The molecule has 1 atom stereocenters. The van der Waals surface area contributed by atoms with E-state index in [0.29, 0.717) is 6.54 Å². The normalized spacial score (nSPS) is 12.6. The molecule has 0 heterocycles. The number of nitrogens with two attached hydrogens (primary N) is 1. The maximum atomic E-state index is 13.0. The Labute approximate surface area is 84.3 Å². The lowest BCUT2D eigenvalue weighted by molar-refractivity contribution is 0.374. The molecule has 0 saturated carbocycles. The number of rotatable bonds is 4. The van der Waals surface area contributed by atoms with Crippen LogP contribution in [0.4, 0.5) is 10.1 Å². The highest BCUT2D eigenvalue weighted by Crippen LogP contribution is 2.22. The van der Waals surface area contributed by atoms with E-state index in [9.17, 15) is 4.39 Å². The van der Waals surface area contributed by atoms with Gasteiger partial charge in [-0.25, -0.2) is 4.39 Å². The van der Waals surface area contributed by atoms with E-state index in [4.69, 9.17) is 5.73 Å². The number of halogens is 1. The van der Waals surface area contributed by atoms with E-state index in [0.717, 1.165) is 23.4 Å². The Bertz CT molecular complexity index is 297. The number of aryl methyl sites for hydroxylation is 1. The van der Waals surface area contributed by atoms with Crippen molar-refractivity contribution in [1.29, 1.82) is 0 Å². The van der Waals surface area contributed by atoms with Crippen molar-refractivity contribution in [2.24, 2.45) is 5.73 Å². The molecule has 0 fully saturated rings. The number of anilines is 1. The average Bonchev–Trinajstić information content (AvgIpc) is 2.15. The third kappa shape index (κ3) is 2.70. The lowest BCUT2D eigenvalue weighted by Gasteiger charge is -2.10. The Morgan fingerprint density at radius 2 is 2.21 bits per heavy atom. The summed E-state index contributed by atoms with van der Waals surface area (Å²) in [5.74, 6) is 0. The van der Waals surface area contributed by atoms with Crippen LogP contribution in [0.15, 0.2) is 18.2 Å². The summed E-state index contributed by atoms with van der Waals surface area (Å²) in [6.45, 7) is 4.85. The number of alkyl halides is 1. The van der Waals surface area contributed by atoms with E-state index in [1.165, 1.54) is 0 Å². The van der Waals surface area contributed by atoms with Crippen molar-refractivity contribution in [3.05, 3.63) is 29.3 Å². The van der Waals surface area contributed by atoms with E-state index >= 15 is 0 Å². The van der Waals surface area contributed by atoms with Crippen molar-refractivity contribution in [2.45, 2.75) is 20.0 Å². The molecule has 1 rings (SSSR count). The maximum absolute atomic E-state index is 13.0. The molecule has 0 radical (unpaired) electrons. The summed E-state index contributed by atoms with van der Waals surface area (Å²) in [7, 11) is 0. The van der Waals surface area contributed by atoms with Gasteiger partial charge in [0.15, 0.2) is 0 Å². The van der Waals surface area contributed by atoms with E-state index in [-0.39, 0.29) is 0 Å². The van der Waals surface area contributed by atoms with Crippen molar-refractivity contribution < 1.29 is 4.39 Å². The standard InChI is InChI=1S/C11H17FN2/c1-8-7-10(9(2)12)3-4-11(8)14-6-5-13/h3-4,7,9,14H,5-6,13H2,1-2H3. The molecular weight excluding hydrogens is 179 g/mol. The van der Waals surface area contributed by atoms with Crippen LogP contribution in [-0.2, 0) is 0 Å². The van der Waals surface area contributed by atoms with Gasteiger partial charge in [-0.15, -0.1) is 0 Å². The Balaban J connectivity index is 2.79. The van der Waals surface area contributed by atoms with Gasteiger partial charge in [0, 0.05) is 18.8 Å². The molecule has 0 spiro atoms. The highest BCUT2D eigenvalue weighted by molar-refractivity contribution is 5.52. The highest BCUT2D eigenvalue weighted by atomic mass is 19.1. The molecular formula is C11H17FN2. The maximum Gasteiger partial charge on any atom is 0.122 e. The first kappa shape index (κ1) is 11.0. The summed E-state index contributed by atoms with van der Waals surface area (Å²) >= 11 is 0. The van der Waals surface area contributed by atoms with E-state index in [2.05, 4.69) is 5.32 Å². The third-order valence-electron chi connectivity index (χ3n) is 2.17. The summed E-state index contributed by atoms with van der Waals surface area (Å²) < 4.78 is 13.0. The Hall–Kier alpha value is -1.09. The van der Waals surface area contributed by atoms with Crippen LogP contribution in [0.5, 0.6) is 0 Å². The smallest absolute Gasteiger partial charge is 0.122 e. The second kappa shape index (κ2) is 4.96. The van der Waals surface area contributed by atoms with Crippen molar-refractivity contribution in [3.63, 3.8) is 0 Å². The van der Waals surface area contributed by atoms with Crippen LogP contribution in [0.1, 0.15) is 24.2 Å². The monoisotopic (exact) mass is 196 g/mol. The molecule has 14 heavy (non-hydrogen) atoms. The highest BCUT2D eigenvalue weighted by Gasteiger charge is 2.04. The molecule has 0 aliphatic rings. The molecule has 0 aliphatic carbocycles. The number of hydrogen-bond acceptors (Lipinski definition) is 2. The second-order valence-electron chi connectivity index (χ2n) is 3.41. The molecule has 2 nitrogen and oxygen atoms in total. The number of nitrogens with one attached hydrogen (secondary N) is 1. The Morgan fingerprint density at radius 1 is 1.50 bits per heavy atom. The molecule has 78 valence electrons. The van der Waals surface area contributed by atoms with Gasteiger partial charge in [0.2, 0.25) is 0 Å².